The van der Waals surface area contributed by atoms with Crippen LogP contribution in [0.4, 0.5) is 10.5 Å². The van der Waals surface area contributed by atoms with Crippen molar-refractivity contribution in [2.75, 3.05) is 26.2 Å². The number of carbonyl (C=O) groups is 2. The molecule has 0 unspecified atom stereocenters. The van der Waals surface area contributed by atoms with E-state index in [2.05, 4.69) is 5.32 Å². The van der Waals surface area contributed by atoms with Gasteiger partial charge in [-0.15, -0.1) is 0 Å². The molecule has 0 radical (unpaired) electrons. The fourth-order valence-electron chi connectivity index (χ4n) is 2.78. The maximum absolute atomic E-state index is 12.7. The number of rotatable bonds is 5. The summed E-state index contributed by atoms with van der Waals surface area (Å²) in [5, 5.41) is 2.99. The van der Waals surface area contributed by atoms with E-state index in [-0.39, 0.29) is 5.70 Å². The predicted octanol–water partition coefficient (Wildman–Crippen LogP) is 3.46. The first kappa shape index (κ1) is 18.6. The summed E-state index contributed by atoms with van der Waals surface area (Å²) in [5.41, 5.74) is 1.03. The summed E-state index contributed by atoms with van der Waals surface area (Å²) < 4.78 is 16.0. The molecule has 1 saturated heterocycles. The zero-order valence-electron chi connectivity index (χ0n) is 14.9. The van der Waals surface area contributed by atoms with Gasteiger partial charge >= 0.3 is 6.03 Å². The van der Waals surface area contributed by atoms with Crippen LogP contribution >= 0.6 is 11.6 Å². The monoisotopic (exact) mass is 388 g/mol. The Morgan fingerprint density at radius 3 is 2.37 bits per heavy atom. The van der Waals surface area contributed by atoms with E-state index in [1.807, 2.05) is 0 Å². The Bertz CT molecular complexity index is 942. The standard InChI is InChI=1S/C19H17ClN2O5/c1-25-15-8-7-11(16(26-2)17(15)27-3)9-14-18(23)22(19(24)21-14)13-6-4-5-12(20)10-13/h4-10H,1-3H3,(H,21,24). The van der Waals surface area contributed by atoms with E-state index in [4.69, 9.17) is 25.8 Å². The van der Waals surface area contributed by atoms with Crippen molar-refractivity contribution in [2.24, 2.45) is 0 Å². The van der Waals surface area contributed by atoms with Gasteiger partial charge in [0.25, 0.3) is 5.91 Å². The molecular weight excluding hydrogens is 372 g/mol. The summed E-state index contributed by atoms with van der Waals surface area (Å²) in [6.07, 6.45) is 1.52. The predicted molar refractivity (Wildman–Crippen MR) is 102 cm³/mol. The van der Waals surface area contributed by atoms with Crippen LogP contribution < -0.4 is 24.4 Å². The normalized spacial score (nSPS) is 15.1. The number of nitrogens with one attached hydrogen (secondary N) is 1. The molecule has 1 aliphatic heterocycles. The van der Waals surface area contributed by atoms with Gasteiger partial charge in [-0.1, -0.05) is 17.7 Å². The van der Waals surface area contributed by atoms with E-state index in [1.165, 1.54) is 27.4 Å². The Morgan fingerprint density at radius 1 is 1.00 bits per heavy atom. The van der Waals surface area contributed by atoms with Crippen LogP contribution in [-0.4, -0.2) is 33.3 Å². The number of hydrogen-bond donors (Lipinski definition) is 1. The van der Waals surface area contributed by atoms with E-state index in [9.17, 15) is 9.59 Å². The van der Waals surface area contributed by atoms with E-state index in [0.717, 1.165) is 4.90 Å². The van der Waals surface area contributed by atoms with Crippen molar-refractivity contribution in [1.82, 2.24) is 5.32 Å². The molecule has 7 nitrogen and oxygen atoms in total. The van der Waals surface area contributed by atoms with Crippen molar-refractivity contribution < 1.29 is 23.8 Å². The fourth-order valence-corrected chi connectivity index (χ4v) is 2.96. The number of imide groups is 1. The summed E-state index contributed by atoms with van der Waals surface area (Å²) in [5.74, 6) is 0.753. The Morgan fingerprint density at radius 2 is 1.74 bits per heavy atom. The number of nitrogens with zero attached hydrogens (tertiary/aromatic N) is 1. The smallest absolute Gasteiger partial charge is 0.333 e. The van der Waals surface area contributed by atoms with Crippen molar-refractivity contribution in [3.05, 3.63) is 52.7 Å². The van der Waals surface area contributed by atoms with Gasteiger partial charge in [-0.25, -0.2) is 9.69 Å². The summed E-state index contributed by atoms with van der Waals surface area (Å²) in [4.78, 5) is 26.1. The molecule has 0 aliphatic carbocycles. The number of methoxy groups -OCH3 is 3. The third kappa shape index (κ3) is 3.41. The molecule has 2 aromatic rings. The highest BCUT2D eigenvalue weighted by molar-refractivity contribution is 6.32. The molecular formula is C19H17ClN2O5. The molecule has 0 aromatic heterocycles. The van der Waals surface area contributed by atoms with Gasteiger partial charge in [-0.3, -0.25) is 4.79 Å². The fraction of sp³-hybridized carbons (Fsp3) is 0.158. The summed E-state index contributed by atoms with van der Waals surface area (Å²) in [7, 11) is 4.48. The molecule has 0 saturated carbocycles. The van der Waals surface area contributed by atoms with Gasteiger partial charge in [-0.2, -0.15) is 0 Å². The second kappa shape index (κ2) is 7.59. The number of urea groups is 1. The molecule has 2 aromatic carbocycles. The number of halogens is 1. The summed E-state index contributed by atoms with van der Waals surface area (Å²) in [6, 6.07) is 9.32. The number of benzene rings is 2. The van der Waals surface area contributed by atoms with Crippen LogP contribution in [-0.2, 0) is 4.79 Å². The van der Waals surface area contributed by atoms with Crippen LogP contribution in [0.15, 0.2) is 42.1 Å². The number of amides is 3. The Kier molecular flexibility index (Phi) is 5.23. The second-order valence-corrected chi connectivity index (χ2v) is 5.97. The maximum atomic E-state index is 12.7. The van der Waals surface area contributed by atoms with Crippen LogP contribution in [0.1, 0.15) is 5.56 Å². The van der Waals surface area contributed by atoms with Crippen LogP contribution in [0.2, 0.25) is 5.02 Å². The third-order valence-electron chi connectivity index (χ3n) is 3.98. The first-order valence-corrected chi connectivity index (χ1v) is 8.29. The van der Waals surface area contributed by atoms with Crippen LogP contribution in [0, 0.1) is 0 Å². The molecule has 1 heterocycles. The topological polar surface area (TPSA) is 77.1 Å². The molecule has 1 N–H and O–H groups in total. The number of ether oxygens (including phenoxy) is 3. The lowest BCUT2D eigenvalue weighted by atomic mass is 10.1. The van der Waals surface area contributed by atoms with Gasteiger partial charge in [0, 0.05) is 10.6 Å². The van der Waals surface area contributed by atoms with E-state index >= 15 is 0 Å². The van der Waals surface area contributed by atoms with Gasteiger partial charge in [0.15, 0.2) is 11.5 Å². The van der Waals surface area contributed by atoms with E-state index in [0.29, 0.717) is 33.5 Å². The highest BCUT2D eigenvalue weighted by Gasteiger charge is 2.35. The van der Waals surface area contributed by atoms with E-state index in [1.54, 1.807) is 36.4 Å². The van der Waals surface area contributed by atoms with Gasteiger partial charge in [0.05, 0.1) is 27.0 Å². The third-order valence-corrected chi connectivity index (χ3v) is 4.21. The maximum Gasteiger partial charge on any atom is 0.333 e. The Balaban J connectivity index is 2.01. The lowest BCUT2D eigenvalue weighted by Gasteiger charge is -2.14. The average molecular weight is 389 g/mol. The lowest BCUT2D eigenvalue weighted by molar-refractivity contribution is -0.113. The Hall–Kier alpha value is -3.19. The van der Waals surface area contributed by atoms with E-state index < -0.39 is 11.9 Å². The second-order valence-electron chi connectivity index (χ2n) is 5.53. The van der Waals surface area contributed by atoms with Crippen molar-refractivity contribution in [2.45, 2.75) is 0 Å². The van der Waals surface area contributed by atoms with Crippen LogP contribution in [0.5, 0.6) is 17.2 Å². The highest BCUT2D eigenvalue weighted by Crippen LogP contribution is 2.40. The number of hydrogen-bond acceptors (Lipinski definition) is 5. The van der Waals surface area contributed by atoms with Gasteiger partial charge < -0.3 is 19.5 Å². The largest absolute Gasteiger partial charge is 0.493 e. The molecule has 3 amide bonds. The average Bonchev–Trinajstić information content (AvgIpc) is 2.94. The quantitative estimate of drug-likeness (QED) is 0.627. The zero-order chi connectivity index (χ0) is 19.6. The number of anilines is 1. The molecule has 0 bridgehead atoms. The Labute approximate surface area is 161 Å². The minimum Gasteiger partial charge on any atom is -0.493 e. The molecule has 0 spiro atoms. The molecule has 1 aliphatic rings. The summed E-state index contributed by atoms with van der Waals surface area (Å²) >= 11 is 5.96. The minimum atomic E-state index is -0.562. The first-order chi connectivity index (χ1) is 13.0. The number of carbonyl (C=O) groups excluding carboxylic acids is 2. The van der Waals surface area contributed by atoms with Gasteiger partial charge in [0.2, 0.25) is 5.75 Å². The van der Waals surface area contributed by atoms with Gasteiger partial charge in [-0.05, 0) is 36.4 Å². The molecule has 3 rings (SSSR count). The molecule has 27 heavy (non-hydrogen) atoms. The molecule has 1 fully saturated rings. The first-order valence-electron chi connectivity index (χ1n) is 7.91. The van der Waals surface area contributed by atoms with Crippen LogP contribution in [0.3, 0.4) is 0 Å². The van der Waals surface area contributed by atoms with Crippen molar-refractivity contribution in [3.63, 3.8) is 0 Å². The van der Waals surface area contributed by atoms with Crippen molar-refractivity contribution >= 4 is 35.3 Å². The SMILES string of the molecule is COc1ccc(C=C2NC(=O)N(c3cccc(Cl)c3)C2=O)c(OC)c1OC. The lowest BCUT2D eigenvalue weighted by Crippen LogP contribution is -2.30. The van der Waals surface area contributed by atoms with Crippen LogP contribution in [0.25, 0.3) is 6.08 Å². The minimum absolute atomic E-state index is 0.102. The van der Waals surface area contributed by atoms with Crippen molar-refractivity contribution in [3.8, 4) is 17.2 Å². The summed E-state index contributed by atoms with van der Waals surface area (Å²) in [6.45, 7) is 0. The molecule has 140 valence electrons. The zero-order valence-corrected chi connectivity index (χ0v) is 15.7. The highest BCUT2D eigenvalue weighted by atomic mass is 35.5. The van der Waals surface area contributed by atoms with Crippen molar-refractivity contribution in [1.29, 1.82) is 0 Å². The molecule has 0 atom stereocenters. The molecule has 8 heteroatoms. The van der Waals surface area contributed by atoms with Gasteiger partial charge in [0.1, 0.15) is 5.70 Å².